The van der Waals surface area contributed by atoms with E-state index in [-0.39, 0.29) is 25.0 Å². The Balaban J connectivity index is 1.32. The highest BCUT2D eigenvalue weighted by Gasteiger charge is 2.52. The maximum absolute atomic E-state index is 13.0. The lowest BCUT2D eigenvalue weighted by molar-refractivity contribution is -0.114. The molecule has 1 aromatic heterocycles. The van der Waals surface area contributed by atoms with E-state index in [1.165, 1.54) is 18.1 Å². The normalized spacial score (nSPS) is 17.1. The average molecular weight is 553 g/mol. The number of pyridine rings is 1. The molecule has 8 nitrogen and oxygen atoms in total. The molecule has 1 aliphatic carbocycles. The number of fused-ring (bicyclic) bond motifs is 3. The van der Waals surface area contributed by atoms with Crippen LogP contribution in [0, 0.1) is 6.92 Å². The zero-order chi connectivity index (χ0) is 29.4. The molecule has 2 aliphatic rings. The average Bonchev–Trinajstić information content (AvgIpc) is 3.35. The Morgan fingerprint density at radius 1 is 0.951 bits per heavy atom. The lowest BCUT2D eigenvalue weighted by atomic mass is 9.77. The number of nitrogens with one attached hydrogen (secondary N) is 2. The highest BCUT2D eigenvalue weighted by atomic mass is 16.7. The molecule has 9 heteroatoms. The molecular formula is C32H36BN3O5. The minimum Gasteiger partial charge on any atom is -0.449 e. The van der Waals surface area contributed by atoms with Gasteiger partial charge >= 0.3 is 13.2 Å². The largest absolute Gasteiger partial charge is 0.492 e. The van der Waals surface area contributed by atoms with E-state index >= 15 is 0 Å². The predicted molar refractivity (Wildman–Crippen MR) is 160 cm³/mol. The number of hydrogen-bond donors (Lipinski definition) is 2. The Morgan fingerprint density at radius 2 is 1.54 bits per heavy atom. The molecule has 0 spiro atoms. The SMILES string of the molecule is CC(=O)Nc1ccc(C=C(CNC(=O)OCC2c3ccccc3-c3ccccc32)B2OC(C)(C)C(C)(C)O2)c(C)n1. The first kappa shape index (κ1) is 28.6. The third-order valence-electron chi connectivity index (χ3n) is 8.11. The number of ether oxygens (including phenoxy) is 1. The van der Waals surface area contributed by atoms with Crippen molar-refractivity contribution in [3.8, 4) is 11.1 Å². The molecular weight excluding hydrogens is 517 g/mol. The van der Waals surface area contributed by atoms with Crippen LogP contribution in [0.15, 0.2) is 66.1 Å². The fraction of sp³-hybridized carbons (Fsp3) is 0.344. The second kappa shape index (κ2) is 11.1. The summed E-state index contributed by atoms with van der Waals surface area (Å²) in [5, 5.41) is 5.60. The quantitative estimate of drug-likeness (QED) is 0.354. The minimum absolute atomic E-state index is 0.0258. The van der Waals surface area contributed by atoms with Gasteiger partial charge in [-0.05, 0) is 80.0 Å². The third kappa shape index (κ3) is 5.92. The Hall–Kier alpha value is -3.95. The number of alkyl carbamates (subject to hydrolysis) is 1. The number of carbonyl (C=O) groups excluding carboxylic acids is 2. The fourth-order valence-corrected chi connectivity index (χ4v) is 5.19. The molecule has 0 bridgehead atoms. The number of aryl methyl sites for hydroxylation is 1. The summed E-state index contributed by atoms with van der Waals surface area (Å²) in [6, 6.07) is 20.1. The number of anilines is 1. The molecule has 1 fully saturated rings. The maximum atomic E-state index is 13.0. The molecule has 0 atom stereocenters. The van der Waals surface area contributed by atoms with Crippen LogP contribution in [0.2, 0.25) is 0 Å². The number of benzene rings is 2. The van der Waals surface area contributed by atoms with Gasteiger partial charge in [0.05, 0.1) is 11.2 Å². The molecule has 0 unspecified atom stereocenters. The Labute approximate surface area is 241 Å². The van der Waals surface area contributed by atoms with E-state index in [0.29, 0.717) is 17.0 Å². The summed E-state index contributed by atoms with van der Waals surface area (Å²) in [5.41, 5.74) is 5.81. The van der Waals surface area contributed by atoms with Crippen molar-refractivity contribution in [3.63, 3.8) is 0 Å². The summed E-state index contributed by atoms with van der Waals surface area (Å²) in [4.78, 5) is 28.9. The van der Waals surface area contributed by atoms with Crippen molar-refractivity contribution in [3.05, 3.63) is 88.5 Å². The molecule has 5 rings (SSSR count). The van der Waals surface area contributed by atoms with Crippen molar-refractivity contribution in [1.82, 2.24) is 10.3 Å². The number of hydrogen-bond acceptors (Lipinski definition) is 6. The number of rotatable bonds is 7. The fourth-order valence-electron chi connectivity index (χ4n) is 5.19. The highest BCUT2D eigenvalue weighted by molar-refractivity contribution is 6.56. The molecule has 41 heavy (non-hydrogen) atoms. The predicted octanol–water partition coefficient (Wildman–Crippen LogP) is 5.90. The molecule has 2 aromatic carbocycles. The lowest BCUT2D eigenvalue weighted by Crippen LogP contribution is -2.41. The Bertz CT molecular complexity index is 1460. The van der Waals surface area contributed by atoms with Crippen molar-refractivity contribution >= 4 is 31.0 Å². The minimum atomic E-state index is -0.677. The summed E-state index contributed by atoms with van der Waals surface area (Å²) in [5.74, 6) is 0.258. The summed E-state index contributed by atoms with van der Waals surface area (Å²) >= 11 is 0. The second-order valence-electron chi connectivity index (χ2n) is 11.5. The monoisotopic (exact) mass is 553 g/mol. The molecule has 212 valence electrons. The van der Waals surface area contributed by atoms with Crippen LogP contribution in [0.25, 0.3) is 17.2 Å². The van der Waals surface area contributed by atoms with Crippen LogP contribution in [0.3, 0.4) is 0 Å². The lowest BCUT2D eigenvalue weighted by Gasteiger charge is -2.32. The van der Waals surface area contributed by atoms with E-state index in [4.69, 9.17) is 14.0 Å². The third-order valence-corrected chi connectivity index (χ3v) is 8.11. The first-order chi connectivity index (χ1) is 19.4. The Kier molecular flexibility index (Phi) is 7.77. The van der Waals surface area contributed by atoms with Gasteiger partial charge in [0.15, 0.2) is 0 Å². The van der Waals surface area contributed by atoms with Gasteiger partial charge in [0.2, 0.25) is 5.91 Å². The topological polar surface area (TPSA) is 98.8 Å². The van der Waals surface area contributed by atoms with E-state index in [1.54, 1.807) is 6.07 Å². The summed E-state index contributed by atoms with van der Waals surface area (Å²) in [6.07, 6.45) is 1.39. The van der Waals surface area contributed by atoms with Gasteiger partial charge in [-0.2, -0.15) is 0 Å². The standard InChI is InChI=1S/C32H36BN3O5/c1-20-22(15-16-29(35-20)36-21(2)37)17-23(33-40-31(3,4)32(5,6)41-33)18-34-30(38)39-19-28-26-13-9-7-11-24(26)25-12-8-10-14-27(25)28/h7-17,28H,18-19H2,1-6H3,(H,34,38)(H,35,36,37). The number of carbonyl (C=O) groups is 2. The smallest absolute Gasteiger partial charge is 0.449 e. The molecule has 0 saturated carbocycles. The van der Waals surface area contributed by atoms with Crippen LogP contribution in [-0.2, 0) is 18.8 Å². The van der Waals surface area contributed by atoms with Gasteiger partial charge in [-0.3, -0.25) is 4.79 Å². The van der Waals surface area contributed by atoms with Crippen LogP contribution in [0.4, 0.5) is 10.6 Å². The van der Waals surface area contributed by atoms with Gasteiger partial charge in [0, 0.05) is 25.1 Å². The van der Waals surface area contributed by atoms with Gasteiger partial charge in [0.25, 0.3) is 0 Å². The zero-order valence-corrected chi connectivity index (χ0v) is 24.4. The number of aromatic nitrogens is 1. The van der Waals surface area contributed by atoms with Gasteiger partial charge < -0.3 is 24.7 Å². The van der Waals surface area contributed by atoms with Crippen LogP contribution < -0.4 is 10.6 Å². The van der Waals surface area contributed by atoms with Crippen molar-refractivity contribution < 1.29 is 23.6 Å². The van der Waals surface area contributed by atoms with Gasteiger partial charge in [-0.25, -0.2) is 9.78 Å². The van der Waals surface area contributed by atoms with Crippen molar-refractivity contribution in [1.29, 1.82) is 0 Å². The van der Waals surface area contributed by atoms with E-state index in [9.17, 15) is 9.59 Å². The van der Waals surface area contributed by atoms with Crippen molar-refractivity contribution in [2.45, 2.75) is 58.7 Å². The van der Waals surface area contributed by atoms with Crippen LogP contribution >= 0.6 is 0 Å². The second-order valence-corrected chi connectivity index (χ2v) is 11.5. The van der Waals surface area contributed by atoms with Crippen LogP contribution in [-0.4, -0.2) is 48.5 Å². The van der Waals surface area contributed by atoms with Crippen molar-refractivity contribution in [2.75, 3.05) is 18.5 Å². The maximum Gasteiger partial charge on any atom is 0.492 e. The van der Waals surface area contributed by atoms with Gasteiger partial charge in [0.1, 0.15) is 12.4 Å². The van der Waals surface area contributed by atoms with E-state index in [1.807, 2.05) is 71.0 Å². The zero-order valence-electron chi connectivity index (χ0n) is 24.4. The van der Waals surface area contributed by atoms with Gasteiger partial charge in [-0.1, -0.05) is 54.6 Å². The first-order valence-electron chi connectivity index (χ1n) is 13.9. The molecule has 3 aromatic rings. The molecule has 2 amide bonds. The molecule has 2 N–H and O–H groups in total. The van der Waals surface area contributed by atoms with Crippen molar-refractivity contribution in [2.24, 2.45) is 0 Å². The highest BCUT2D eigenvalue weighted by Crippen LogP contribution is 2.44. The number of amides is 2. The van der Waals surface area contributed by atoms with Gasteiger partial charge in [-0.15, -0.1) is 0 Å². The molecule has 2 heterocycles. The molecule has 0 radical (unpaired) electrons. The molecule has 1 aliphatic heterocycles. The Morgan fingerprint density at radius 3 is 2.10 bits per heavy atom. The van der Waals surface area contributed by atoms with E-state index in [0.717, 1.165) is 16.7 Å². The summed E-state index contributed by atoms with van der Waals surface area (Å²) in [6.45, 7) is 11.6. The number of nitrogens with zero attached hydrogens (tertiary/aromatic N) is 1. The van der Waals surface area contributed by atoms with Crippen LogP contribution in [0.5, 0.6) is 0 Å². The first-order valence-corrected chi connectivity index (χ1v) is 13.9. The summed E-state index contributed by atoms with van der Waals surface area (Å²) in [7, 11) is -0.677. The van der Waals surface area contributed by atoms with Crippen LogP contribution in [0.1, 0.15) is 62.9 Å². The summed E-state index contributed by atoms with van der Waals surface area (Å²) < 4.78 is 18.4. The van der Waals surface area contributed by atoms with E-state index in [2.05, 4.69) is 39.9 Å². The van der Waals surface area contributed by atoms with E-state index < -0.39 is 24.4 Å². The molecule has 1 saturated heterocycles.